The highest BCUT2D eigenvalue weighted by molar-refractivity contribution is 7.18. The van der Waals surface area contributed by atoms with Crippen molar-refractivity contribution < 1.29 is 4.79 Å². The van der Waals surface area contributed by atoms with Gasteiger partial charge in [-0.05, 0) is 38.3 Å². The van der Waals surface area contributed by atoms with Gasteiger partial charge in [0.25, 0.3) is 5.56 Å². The summed E-state index contributed by atoms with van der Waals surface area (Å²) in [7, 11) is 0. The number of aryl methyl sites for hydroxylation is 1. The summed E-state index contributed by atoms with van der Waals surface area (Å²) in [5, 5.41) is 1.16. The molecule has 3 aromatic rings. The lowest BCUT2D eigenvalue weighted by Gasteiger charge is -2.31. The maximum Gasteiger partial charge on any atom is 0.325 e. The number of aromatic nitrogens is 3. The second-order valence-corrected chi connectivity index (χ2v) is 8.25. The lowest BCUT2D eigenvalue weighted by Crippen LogP contribution is -2.38. The van der Waals surface area contributed by atoms with Crippen LogP contribution in [-0.2, 0) is 11.2 Å². The van der Waals surface area contributed by atoms with E-state index < -0.39 is 11.2 Å². The number of carbonyl (C=O) groups is 1. The topological polar surface area (TPSA) is 98.9 Å². The van der Waals surface area contributed by atoms with Crippen LogP contribution in [0.1, 0.15) is 41.4 Å². The van der Waals surface area contributed by atoms with E-state index >= 15 is 0 Å². The molecule has 4 rings (SSSR count). The average Bonchev–Trinajstić information content (AvgIpc) is 3.11. The molecule has 146 valence electrons. The largest absolute Gasteiger partial charge is 0.343 e. The summed E-state index contributed by atoms with van der Waals surface area (Å²) in [6, 6.07) is 8.16. The quantitative estimate of drug-likeness (QED) is 0.704. The molecule has 28 heavy (non-hydrogen) atoms. The van der Waals surface area contributed by atoms with E-state index in [4.69, 9.17) is 4.98 Å². The Labute approximate surface area is 165 Å². The smallest absolute Gasteiger partial charge is 0.325 e. The van der Waals surface area contributed by atoms with Gasteiger partial charge in [-0.3, -0.25) is 14.6 Å². The number of carbonyl (C=O) groups excluding carboxylic acids is 1. The molecule has 0 bridgehead atoms. The normalized spacial score (nSPS) is 15.2. The van der Waals surface area contributed by atoms with Crippen LogP contribution in [0.4, 0.5) is 0 Å². The fourth-order valence-electron chi connectivity index (χ4n) is 3.76. The highest BCUT2D eigenvalue weighted by atomic mass is 32.1. The summed E-state index contributed by atoms with van der Waals surface area (Å²) in [6.45, 7) is 3.10. The number of nitrogens with one attached hydrogen (secondary N) is 2. The lowest BCUT2D eigenvalue weighted by molar-refractivity contribution is -0.132. The van der Waals surface area contributed by atoms with Crippen molar-refractivity contribution in [1.82, 2.24) is 19.9 Å². The maximum atomic E-state index is 12.6. The molecule has 0 unspecified atom stereocenters. The van der Waals surface area contributed by atoms with Gasteiger partial charge < -0.3 is 9.88 Å². The fraction of sp³-hybridized carbons (Fsp3) is 0.400. The molecule has 0 atom stereocenters. The Balaban J connectivity index is 1.35. The number of amides is 1. The van der Waals surface area contributed by atoms with Crippen molar-refractivity contribution in [2.75, 3.05) is 13.1 Å². The van der Waals surface area contributed by atoms with Gasteiger partial charge in [-0.25, -0.2) is 9.78 Å². The van der Waals surface area contributed by atoms with Crippen LogP contribution in [0, 0.1) is 6.92 Å². The van der Waals surface area contributed by atoms with Crippen molar-refractivity contribution in [3.8, 4) is 0 Å². The van der Waals surface area contributed by atoms with E-state index in [2.05, 4.69) is 16.0 Å². The van der Waals surface area contributed by atoms with Crippen molar-refractivity contribution in [3.63, 3.8) is 0 Å². The van der Waals surface area contributed by atoms with Crippen LogP contribution in [0.5, 0.6) is 0 Å². The molecule has 2 N–H and O–H groups in total. The molecular weight excluding hydrogens is 376 g/mol. The second kappa shape index (κ2) is 7.71. The first-order valence-corrected chi connectivity index (χ1v) is 10.3. The van der Waals surface area contributed by atoms with E-state index in [9.17, 15) is 14.4 Å². The Kier molecular flexibility index (Phi) is 5.13. The Morgan fingerprint density at radius 3 is 2.68 bits per heavy atom. The van der Waals surface area contributed by atoms with Crippen LogP contribution in [0.25, 0.3) is 10.2 Å². The predicted octanol–water partition coefficient (Wildman–Crippen LogP) is 2.32. The first-order valence-electron chi connectivity index (χ1n) is 9.46. The number of thiazole rings is 1. The van der Waals surface area contributed by atoms with Crippen molar-refractivity contribution in [2.24, 2.45) is 0 Å². The van der Waals surface area contributed by atoms with Crippen LogP contribution < -0.4 is 11.2 Å². The van der Waals surface area contributed by atoms with E-state index in [1.165, 1.54) is 4.70 Å². The van der Waals surface area contributed by atoms with Crippen LogP contribution in [0.3, 0.4) is 0 Å². The molecule has 8 heteroatoms. The number of nitrogens with zero attached hydrogens (tertiary/aromatic N) is 2. The summed E-state index contributed by atoms with van der Waals surface area (Å²) in [6.07, 6.45) is 2.41. The molecule has 7 nitrogen and oxygen atoms in total. The lowest BCUT2D eigenvalue weighted by atomic mass is 9.97. The standard InChI is InChI=1S/C20H22N4O3S/c1-12-14(18(26)23-20(27)21-12)6-7-17(25)24-10-8-13(9-11-24)19-22-15-4-2-3-5-16(15)28-19/h2-5,13H,6-11H2,1H3,(H2,21,23,26,27). The molecule has 0 spiro atoms. The SMILES string of the molecule is Cc1[nH]c(=O)[nH]c(=O)c1CCC(=O)N1CCC(c2nc3ccccc3s2)CC1. The zero-order valence-corrected chi connectivity index (χ0v) is 16.5. The van der Waals surface area contributed by atoms with Gasteiger partial charge in [-0.15, -0.1) is 11.3 Å². The maximum absolute atomic E-state index is 12.6. The summed E-state index contributed by atoms with van der Waals surface area (Å²) >= 11 is 1.74. The fourth-order valence-corrected chi connectivity index (χ4v) is 4.89. The third-order valence-electron chi connectivity index (χ3n) is 5.35. The number of benzene rings is 1. The number of hydrogen-bond donors (Lipinski definition) is 2. The number of fused-ring (bicyclic) bond motifs is 1. The summed E-state index contributed by atoms with van der Waals surface area (Å²) in [4.78, 5) is 47.2. The third-order valence-corrected chi connectivity index (χ3v) is 6.55. The number of hydrogen-bond acceptors (Lipinski definition) is 5. The van der Waals surface area contributed by atoms with E-state index in [1.807, 2.05) is 23.1 Å². The minimum Gasteiger partial charge on any atom is -0.343 e. The molecule has 1 amide bonds. The molecular formula is C20H22N4O3S. The number of rotatable bonds is 4. The van der Waals surface area contributed by atoms with Crippen LogP contribution in [-0.4, -0.2) is 38.8 Å². The average molecular weight is 398 g/mol. The Hall–Kier alpha value is -2.74. The van der Waals surface area contributed by atoms with Gasteiger partial charge in [0.05, 0.1) is 15.2 Å². The van der Waals surface area contributed by atoms with Crippen molar-refractivity contribution in [1.29, 1.82) is 0 Å². The summed E-state index contributed by atoms with van der Waals surface area (Å²) in [5.74, 6) is 0.443. The molecule has 1 aliphatic heterocycles. The third kappa shape index (κ3) is 3.77. The first kappa shape index (κ1) is 18.6. The molecule has 1 aliphatic rings. The predicted molar refractivity (Wildman–Crippen MR) is 109 cm³/mol. The van der Waals surface area contributed by atoms with E-state index in [1.54, 1.807) is 18.3 Å². The molecule has 0 saturated carbocycles. The Bertz CT molecular complexity index is 1090. The molecule has 1 fully saturated rings. The van der Waals surface area contributed by atoms with Crippen molar-refractivity contribution >= 4 is 27.5 Å². The zero-order valence-electron chi connectivity index (χ0n) is 15.7. The van der Waals surface area contributed by atoms with Crippen LogP contribution in [0.15, 0.2) is 33.9 Å². The van der Waals surface area contributed by atoms with Gasteiger partial charge in [0.2, 0.25) is 5.91 Å². The number of piperidine rings is 1. The van der Waals surface area contributed by atoms with Gasteiger partial charge >= 0.3 is 5.69 Å². The highest BCUT2D eigenvalue weighted by Crippen LogP contribution is 2.33. The molecule has 1 aromatic carbocycles. The van der Waals surface area contributed by atoms with Gasteiger partial charge in [0.1, 0.15) is 0 Å². The molecule has 0 radical (unpaired) electrons. The van der Waals surface area contributed by atoms with Gasteiger partial charge in [0.15, 0.2) is 0 Å². The summed E-state index contributed by atoms with van der Waals surface area (Å²) in [5.41, 5.74) is 1.11. The van der Waals surface area contributed by atoms with Gasteiger partial charge in [-0.2, -0.15) is 0 Å². The van der Waals surface area contributed by atoms with Gasteiger partial charge in [0, 0.05) is 36.7 Å². The molecule has 0 aliphatic carbocycles. The number of aromatic amines is 2. The van der Waals surface area contributed by atoms with Crippen LogP contribution in [0.2, 0.25) is 0 Å². The first-order chi connectivity index (χ1) is 13.5. The number of para-hydroxylation sites is 1. The van der Waals surface area contributed by atoms with Crippen molar-refractivity contribution in [3.05, 3.63) is 61.4 Å². The molecule has 3 heterocycles. The molecule has 1 saturated heterocycles. The molecule has 2 aromatic heterocycles. The van der Waals surface area contributed by atoms with Crippen LogP contribution >= 0.6 is 11.3 Å². The highest BCUT2D eigenvalue weighted by Gasteiger charge is 2.26. The van der Waals surface area contributed by atoms with E-state index in [0.717, 1.165) is 23.4 Å². The minimum atomic E-state index is -0.519. The Morgan fingerprint density at radius 2 is 1.96 bits per heavy atom. The Morgan fingerprint density at radius 1 is 1.21 bits per heavy atom. The second-order valence-electron chi connectivity index (χ2n) is 7.19. The summed E-state index contributed by atoms with van der Waals surface area (Å²) < 4.78 is 1.21. The number of likely N-dealkylation sites (tertiary alicyclic amines) is 1. The van der Waals surface area contributed by atoms with E-state index in [-0.39, 0.29) is 12.3 Å². The monoisotopic (exact) mass is 398 g/mol. The minimum absolute atomic E-state index is 0.0488. The van der Waals surface area contributed by atoms with E-state index in [0.29, 0.717) is 36.7 Å². The number of H-pyrrole nitrogens is 2. The van der Waals surface area contributed by atoms with Gasteiger partial charge in [-0.1, -0.05) is 12.1 Å². The zero-order chi connectivity index (χ0) is 19.7. The van der Waals surface area contributed by atoms with Crippen molar-refractivity contribution in [2.45, 2.75) is 38.5 Å².